The molecule has 0 saturated heterocycles. The lowest BCUT2D eigenvalue weighted by atomic mass is 10.0. The second kappa shape index (κ2) is 7.54. The maximum Gasteiger partial charge on any atom is 0.124 e. The van der Waals surface area contributed by atoms with Crippen molar-refractivity contribution >= 4 is 15.9 Å². The number of hydrogen-bond acceptors (Lipinski definition) is 4. The van der Waals surface area contributed by atoms with Gasteiger partial charge in [0.25, 0.3) is 0 Å². The van der Waals surface area contributed by atoms with Crippen LogP contribution >= 0.6 is 15.9 Å². The first kappa shape index (κ1) is 15.9. The number of nitrogens with two attached hydrogens (primary N) is 1. The van der Waals surface area contributed by atoms with Crippen LogP contribution in [0.1, 0.15) is 29.8 Å². The normalized spacial score (nSPS) is 12.2. The summed E-state index contributed by atoms with van der Waals surface area (Å²) in [5.74, 6) is 6.53. The van der Waals surface area contributed by atoms with E-state index >= 15 is 0 Å². The highest BCUT2D eigenvalue weighted by Gasteiger charge is 2.16. The topological polar surface area (TPSA) is 60.2 Å². The monoisotopic (exact) mass is 349 g/mol. The number of methoxy groups -OCH3 is 1. The van der Waals surface area contributed by atoms with Gasteiger partial charge in [-0.05, 0) is 30.2 Å². The van der Waals surface area contributed by atoms with Gasteiger partial charge < -0.3 is 4.74 Å². The van der Waals surface area contributed by atoms with Crippen LogP contribution in [0.3, 0.4) is 0 Å². The Morgan fingerprint density at radius 1 is 1.33 bits per heavy atom. The lowest BCUT2D eigenvalue weighted by Crippen LogP contribution is -2.30. The van der Waals surface area contributed by atoms with Gasteiger partial charge in [-0.15, -0.1) is 0 Å². The maximum absolute atomic E-state index is 5.73. The van der Waals surface area contributed by atoms with Gasteiger partial charge in [0.2, 0.25) is 0 Å². The number of benzene rings is 1. The summed E-state index contributed by atoms with van der Waals surface area (Å²) in [4.78, 5) is 4.49. The number of halogens is 1. The average Bonchev–Trinajstić information content (AvgIpc) is 2.53. The summed E-state index contributed by atoms with van der Waals surface area (Å²) < 4.78 is 6.41. The highest BCUT2D eigenvalue weighted by atomic mass is 79.9. The molecule has 0 fully saturated rings. The molecule has 0 radical (unpaired) electrons. The van der Waals surface area contributed by atoms with E-state index < -0.39 is 0 Å². The minimum absolute atomic E-state index is 0.0481. The summed E-state index contributed by atoms with van der Waals surface area (Å²) in [6.45, 7) is 2.12. The Kier molecular flexibility index (Phi) is 5.73. The van der Waals surface area contributed by atoms with E-state index in [0.717, 1.165) is 27.9 Å². The van der Waals surface area contributed by atoms with Gasteiger partial charge in [0, 0.05) is 28.3 Å². The summed E-state index contributed by atoms with van der Waals surface area (Å²) in [5, 5.41) is 0. The molecule has 1 atom stereocenters. The second-order valence-corrected chi connectivity index (χ2v) is 5.74. The van der Waals surface area contributed by atoms with E-state index in [1.807, 2.05) is 24.4 Å². The third-order valence-electron chi connectivity index (χ3n) is 3.48. The zero-order chi connectivity index (χ0) is 15.2. The molecule has 0 aliphatic heterocycles. The smallest absolute Gasteiger partial charge is 0.124 e. The molecule has 112 valence electrons. The number of hydrazine groups is 1. The van der Waals surface area contributed by atoms with E-state index in [1.54, 1.807) is 7.11 Å². The standard InChI is InChI=1S/C16H20BrN3O/c1-3-11-4-6-13(19-10-11)9-15(20-18)14-7-5-12(17)8-16(14)21-2/h4-8,10,15,20H,3,9,18H2,1-2H3. The van der Waals surface area contributed by atoms with Gasteiger partial charge in [0.05, 0.1) is 13.2 Å². The van der Waals surface area contributed by atoms with Crippen LogP contribution in [0.2, 0.25) is 0 Å². The molecule has 1 aromatic heterocycles. The van der Waals surface area contributed by atoms with Crippen molar-refractivity contribution in [3.63, 3.8) is 0 Å². The molecule has 1 aromatic carbocycles. The molecule has 0 saturated carbocycles. The number of nitrogens with one attached hydrogen (secondary N) is 1. The fourth-order valence-electron chi connectivity index (χ4n) is 2.23. The number of aromatic nitrogens is 1. The summed E-state index contributed by atoms with van der Waals surface area (Å²) >= 11 is 3.45. The van der Waals surface area contributed by atoms with E-state index in [4.69, 9.17) is 10.6 Å². The third kappa shape index (κ3) is 4.03. The Balaban J connectivity index is 2.22. The van der Waals surface area contributed by atoms with E-state index in [9.17, 15) is 0 Å². The van der Waals surface area contributed by atoms with Crippen LogP contribution in [0.25, 0.3) is 0 Å². The van der Waals surface area contributed by atoms with Crippen LogP contribution in [0.15, 0.2) is 41.0 Å². The molecule has 0 aliphatic carbocycles. The molecule has 21 heavy (non-hydrogen) atoms. The number of rotatable bonds is 6. The fourth-order valence-corrected chi connectivity index (χ4v) is 2.57. The highest BCUT2D eigenvalue weighted by Crippen LogP contribution is 2.29. The van der Waals surface area contributed by atoms with Crippen LogP contribution < -0.4 is 16.0 Å². The number of pyridine rings is 1. The van der Waals surface area contributed by atoms with Crippen molar-refractivity contribution in [1.29, 1.82) is 0 Å². The Morgan fingerprint density at radius 3 is 2.71 bits per heavy atom. The number of ether oxygens (including phenoxy) is 1. The molecule has 2 rings (SSSR count). The van der Waals surface area contributed by atoms with Crippen molar-refractivity contribution in [1.82, 2.24) is 10.4 Å². The third-order valence-corrected chi connectivity index (χ3v) is 3.97. The molecule has 0 amide bonds. The molecule has 5 heteroatoms. The summed E-state index contributed by atoms with van der Waals surface area (Å²) in [6, 6.07) is 10.0. The quantitative estimate of drug-likeness (QED) is 0.621. The minimum Gasteiger partial charge on any atom is -0.496 e. The predicted octanol–water partition coefficient (Wildman–Crippen LogP) is 3.16. The lowest BCUT2D eigenvalue weighted by molar-refractivity contribution is 0.398. The van der Waals surface area contributed by atoms with Gasteiger partial charge in [-0.1, -0.05) is 35.0 Å². The SMILES string of the molecule is CCc1ccc(CC(NN)c2ccc(Br)cc2OC)nc1. The van der Waals surface area contributed by atoms with Gasteiger partial charge in [0.1, 0.15) is 5.75 Å². The largest absolute Gasteiger partial charge is 0.496 e. The predicted molar refractivity (Wildman–Crippen MR) is 88.1 cm³/mol. The van der Waals surface area contributed by atoms with Gasteiger partial charge in [-0.25, -0.2) is 0 Å². The summed E-state index contributed by atoms with van der Waals surface area (Å²) in [6.07, 6.45) is 3.62. The Labute approximate surface area is 133 Å². The second-order valence-electron chi connectivity index (χ2n) is 4.82. The average molecular weight is 350 g/mol. The van der Waals surface area contributed by atoms with E-state index in [0.29, 0.717) is 6.42 Å². The van der Waals surface area contributed by atoms with Gasteiger partial charge in [-0.3, -0.25) is 16.3 Å². The lowest BCUT2D eigenvalue weighted by Gasteiger charge is -2.19. The van der Waals surface area contributed by atoms with Crippen molar-refractivity contribution in [2.24, 2.45) is 5.84 Å². The van der Waals surface area contributed by atoms with Gasteiger partial charge >= 0.3 is 0 Å². The van der Waals surface area contributed by atoms with E-state index in [2.05, 4.69) is 45.4 Å². The number of aryl methyl sites for hydroxylation is 1. The summed E-state index contributed by atoms with van der Waals surface area (Å²) in [7, 11) is 1.66. The molecular weight excluding hydrogens is 330 g/mol. The first-order valence-electron chi connectivity index (χ1n) is 6.91. The van der Waals surface area contributed by atoms with E-state index in [-0.39, 0.29) is 6.04 Å². The molecular formula is C16H20BrN3O. The summed E-state index contributed by atoms with van der Waals surface area (Å²) in [5.41, 5.74) is 6.11. The molecule has 1 heterocycles. The molecule has 0 bridgehead atoms. The van der Waals surface area contributed by atoms with Crippen molar-refractivity contribution in [3.8, 4) is 5.75 Å². The van der Waals surface area contributed by atoms with Crippen LogP contribution in [0, 0.1) is 0 Å². The van der Waals surface area contributed by atoms with E-state index in [1.165, 1.54) is 5.56 Å². The first-order valence-corrected chi connectivity index (χ1v) is 7.70. The molecule has 0 spiro atoms. The maximum atomic E-state index is 5.73. The van der Waals surface area contributed by atoms with Crippen LogP contribution in [0.5, 0.6) is 5.75 Å². The van der Waals surface area contributed by atoms with Crippen LogP contribution in [-0.4, -0.2) is 12.1 Å². The van der Waals surface area contributed by atoms with Crippen molar-refractivity contribution < 1.29 is 4.74 Å². The molecule has 1 unspecified atom stereocenters. The Morgan fingerprint density at radius 2 is 2.14 bits per heavy atom. The molecule has 3 N–H and O–H groups in total. The minimum atomic E-state index is -0.0481. The Bertz CT molecular complexity index is 587. The fraction of sp³-hybridized carbons (Fsp3) is 0.312. The Hall–Kier alpha value is -1.43. The van der Waals surface area contributed by atoms with Crippen molar-refractivity contribution in [2.75, 3.05) is 7.11 Å². The van der Waals surface area contributed by atoms with Crippen molar-refractivity contribution in [3.05, 3.63) is 57.8 Å². The highest BCUT2D eigenvalue weighted by molar-refractivity contribution is 9.10. The van der Waals surface area contributed by atoms with Gasteiger partial charge in [-0.2, -0.15) is 0 Å². The first-order chi connectivity index (χ1) is 10.2. The molecule has 0 aliphatic rings. The molecule has 2 aromatic rings. The molecule has 4 nitrogen and oxygen atoms in total. The van der Waals surface area contributed by atoms with Crippen LogP contribution in [-0.2, 0) is 12.8 Å². The van der Waals surface area contributed by atoms with Crippen molar-refractivity contribution in [2.45, 2.75) is 25.8 Å². The zero-order valence-electron chi connectivity index (χ0n) is 12.3. The van der Waals surface area contributed by atoms with Gasteiger partial charge in [0.15, 0.2) is 0 Å². The zero-order valence-corrected chi connectivity index (χ0v) is 13.9. The van der Waals surface area contributed by atoms with Crippen LogP contribution in [0.4, 0.5) is 0 Å². The number of hydrogen-bond donors (Lipinski definition) is 2. The number of nitrogens with zero attached hydrogens (tertiary/aromatic N) is 1.